The summed E-state index contributed by atoms with van der Waals surface area (Å²) in [5.41, 5.74) is 2.45. The van der Waals surface area contributed by atoms with Gasteiger partial charge in [-0.1, -0.05) is 30.3 Å². The van der Waals surface area contributed by atoms with E-state index in [1.807, 2.05) is 30.3 Å². The van der Waals surface area contributed by atoms with E-state index in [1.165, 1.54) is 0 Å². The fourth-order valence-electron chi connectivity index (χ4n) is 2.42. The van der Waals surface area contributed by atoms with Crippen molar-refractivity contribution in [2.75, 3.05) is 7.11 Å². The number of carbonyl (C=O) groups excluding carboxylic acids is 1. The van der Waals surface area contributed by atoms with Crippen LogP contribution in [0.15, 0.2) is 54.1 Å². The van der Waals surface area contributed by atoms with Gasteiger partial charge in [-0.2, -0.15) is 0 Å². The number of aliphatic hydroxyl groups excluding tert-OH is 1. The lowest BCUT2D eigenvalue weighted by atomic mass is 10.1. The highest BCUT2D eigenvalue weighted by Gasteiger charge is 2.33. The molecule has 1 aliphatic carbocycles. The number of methoxy groups -OCH3 is 1. The Morgan fingerprint density at radius 1 is 1.15 bits per heavy atom. The van der Waals surface area contributed by atoms with E-state index in [0.717, 1.165) is 5.56 Å². The van der Waals surface area contributed by atoms with Gasteiger partial charge in [0.05, 0.1) is 7.11 Å². The number of ether oxygens (including phenoxy) is 1. The first kappa shape index (κ1) is 12.6. The van der Waals surface area contributed by atoms with Gasteiger partial charge in [0, 0.05) is 11.1 Å². The second-order valence-electron chi connectivity index (χ2n) is 4.70. The number of rotatable bonds is 2. The molecule has 3 heteroatoms. The summed E-state index contributed by atoms with van der Waals surface area (Å²) >= 11 is 0. The van der Waals surface area contributed by atoms with Gasteiger partial charge in [0.15, 0.2) is 5.78 Å². The van der Waals surface area contributed by atoms with Crippen LogP contribution in [0.5, 0.6) is 5.75 Å². The van der Waals surface area contributed by atoms with E-state index in [9.17, 15) is 9.90 Å². The molecule has 2 aromatic carbocycles. The fourth-order valence-corrected chi connectivity index (χ4v) is 2.42. The Kier molecular flexibility index (Phi) is 3.12. The van der Waals surface area contributed by atoms with Gasteiger partial charge in [-0.25, -0.2) is 0 Å². The highest BCUT2D eigenvalue weighted by Crippen LogP contribution is 2.38. The van der Waals surface area contributed by atoms with Crippen LogP contribution in [0.3, 0.4) is 0 Å². The molecule has 0 bridgehead atoms. The zero-order chi connectivity index (χ0) is 14.1. The molecule has 0 fully saturated rings. The lowest BCUT2D eigenvalue weighted by Gasteiger charge is -2.06. The van der Waals surface area contributed by atoms with Gasteiger partial charge in [-0.15, -0.1) is 0 Å². The van der Waals surface area contributed by atoms with Crippen LogP contribution in [0.4, 0.5) is 0 Å². The Morgan fingerprint density at radius 2 is 1.90 bits per heavy atom. The van der Waals surface area contributed by atoms with Crippen molar-refractivity contribution in [1.29, 1.82) is 0 Å². The minimum atomic E-state index is -0.896. The first-order chi connectivity index (χ1) is 9.70. The van der Waals surface area contributed by atoms with Gasteiger partial charge in [0.1, 0.15) is 11.9 Å². The van der Waals surface area contributed by atoms with E-state index in [4.69, 9.17) is 4.74 Å². The molecule has 0 saturated carbocycles. The molecule has 0 aromatic heterocycles. The van der Waals surface area contributed by atoms with Crippen LogP contribution in [0.25, 0.3) is 6.08 Å². The number of hydrogen-bond donors (Lipinski definition) is 1. The molecule has 0 radical (unpaired) electrons. The van der Waals surface area contributed by atoms with Crippen LogP contribution in [0, 0.1) is 0 Å². The summed E-state index contributed by atoms with van der Waals surface area (Å²) in [4.78, 5) is 12.3. The number of benzene rings is 2. The number of aliphatic hydroxyl groups is 1. The average Bonchev–Trinajstić information content (AvgIpc) is 2.73. The molecule has 0 spiro atoms. The number of hydrogen-bond acceptors (Lipinski definition) is 3. The lowest BCUT2D eigenvalue weighted by molar-refractivity contribution is 0.102. The number of ketones is 1. The summed E-state index contributed by atoms with van der Waals surface area (Å²) < 4.78 is 5.13. The quantitative estimate of drug-likeness (QED) is 0.850. The Bertz CT molecular complexity index is 687. The second-order valence-corrected chi connectivity index (χ2v) is 4.70. The number of Topliss-reactive ketones (excluding diaryl/α,β-unsaturated/α-hetero) is 1. The second kappa shape index (κ2) is 4.94. The lowest BCUT2D eigenvalue weighted by Crippen LogP contribution is -1.99. The van der Waals surface area contributed by atoms with Crippen LogP contribution >= 0.6 is 0 Å². The molecule has 0 aliphatic heterocycles. The van der Waals surface area contributed by atoms with E-state index in [1.54, 1.807) is 31.4 Å². The molecule has 1 aliphatic rings. The third-order valence-corrected chi connectivity index (χ3v) is 3.48. The van der Waals surface area contributed by atoms with Gasteiger partial charge in [0.2, 0.25) is 0 Å². The molecule has 1 N–H and O–H groups in total. The zero-order valence-electron chi connectivity index (χ0n) is 11.0. The molecule has 2 aromatic rings. The first-order valence-electron chi connectivity index (χ1n) is 6.38. The molecule has 3 rings (SSSR count). The monoisotopic (exact) mass is 266 g/mol. The average molecular weight is 266 g/mol. The highest BCUT2D eigenvalue weighted by atomic mass is 16.5. The predicted octanol–water partition coefficient (Wildman–Crippen LogP) is 3.01. The SMILES string of the molecule is COc1ccc2c(c1)[C@H](O)/C(=C\c1ccccc1)C2=O. The normalized spacial score (nSPS) is 19.2. The Hall–Kier alpha value is -2.39. The van der Waals surface area contributed by atoms with Crippen LogP contribution < -0.4 is 4.74 Å². The third-order valence-electron chi connectivity index (χ3n) is 3.48. The molecule has 0 unspecified atom stereocenters. The van der Waals surface area contributed by atoms with Crippen LogP contribution in [-0.2, 0) is 0 Å². The molecular formula is C17H14O3. The van der Waals surface area contributed by atoms with Crippen molar-refractivity contribution >= 4 is 11.9 Å². The molecule has 20 heavy (non-hydrogen) atoms. The standard InChI is InChI=1S/C17H14O3/c1-20-12-7-8-13-14(10-12)17(19)15(16(13)18)9-11-5-3-2-4-6-11/h2-10,17,19H,1H3/b15-9-/t17-/m0/s1. The fraction of sp³-hybridized carbons (Fsp3) is 0.118. The summed E-state index contributed by atoms with van der Waals surface area (Å²) in [6, 6.07) is 14.6. The smallest absolute Gasteiger partial charge is 0.192 e. The maximum Gasteiger partial charge on any atom is 0.192 e. The van der Waals surface area contributed by atoms with Crippen LogP contribution in [0.2, 0.25) is 0 Å². The molecule has 3 nitrogen and oxygen atoms in total. The van der Waals surface area contributed by atoms with Crippen molar-refractivity contribution in [3.63, 3.8) is 0 Å². The molecule has 0 saturated heterocycles. The van der Waals surface area contributed by atoms with Gasteiger partial charge < -0.3 is 9.84 Å². The van der Waals surface area contributed by atoms with E-state index < -0.39 is 6.10 Å². The van der Waals surface area contributed by atoms with E-state index in [0.29, 0.717) is 22.4 Å². The van der Waals surface area contributed by atoms with E-state index >= 15 is 0 Å². The van der Waals surface area contributed by atoms with E-state index in [-0.39, 0.29) is 5.78 Å². The molecule has 100 valence electrons. The summed E-state index contributed by atoms with van der Waals surface area (Å²) in [6.07, 6.45) is 0.840. The van der Waals surface area contributed by atoms with Gasteiger partial charge in [0.25, 0.3) is 0 Å². The zero-order valence-corrected chi connectivity index (χ0v) is 11.0. The van der Waals surface area contributed by atoms with E-state index in [2.05, 4.69) is 0 Å². The van der Waals surface area contributed by atoms with Gasteiger partial charge >= 0.3 is 0 Å². The summed E-state index contributed by atoms with van der Waals surface area (Å²) in [6.45, 7) is 0. The highest BCUT2D eigenvalue weighted by molar-refractivity contribution is 6.16. The number of carbonyl (C=O) groups is 1. The molecular weight excluding hydrogens is 252 g/mol. The number of fused-ring (bicyclic) bond motifs is 1. The molecule has 0 heterocycles. The maximum atomic E-state index is 12.3. The van der Waals surface area contributed by atoms with Crippen molar-refractivity contribution in [1.82, 2.24) is 0 Å². The minimum absolute atomic E-state index is 0.126. The van der Waals surface area contributed by atoms with Crippen molar-refractivity contribution in [2.45, 2.75) is 6.10 Å². The Balaban J connectivity index is 2.05. The van der Waals surface area contributed by atoms with Gasteiger partial charge in [-0.05, 0) is 35.4 Å². The Morgan fingerprint density at radius 3 is 2.60 bits per heavy atom. The largest absolute Gasteiger partial charge is 0.497 e. The Labute approximate surface area is 117 Å². The topological polar surface area (TPSA) is 46.5 Å². The van der Waals surface area contributed by atoms with Crippen LogP contribution in [0.1, 0.15) is 27.6 Å². The summed E-state index contributed by atoms with van der Waals surface area (Å²) in [5, 5.41) is 10.3. The van der Waals surface area contributed by atoms with Crippen molar-refractivity contribution in [2.24, 2.45) is 0 Å². The van der Waals surface area contributed by atoms with Crippen molar-refractivity contribution in [3.8, 4) is 5.75 Å². The third kappa shape index (κ3) is 2.02. The molecule has 0 amide bonds. The predicted molar refractivity (Wildman–Crippen MR) is 76.7 cm³/mol. The van der Waals surface area contributed by atoms with Gasteiger partial charge in [-0.3, -0.25) is 4.79 Å². The van der Waals surface area contributed by atoms with Crippen molar-refractivity contribution in [3.05, 3.63) is 70.8 Å². The van der Waals surface area contributed by atoms with Crippen LogP contribution in [-0.4, -0.2) is 18.0 Å². The van der Waals surface area contributed by atoms with Crippen molar-refractivity contribution < 1.29 is 14.6 Å². The summed E-state index contributed by atoms with van der Waals surface area (Å²) in [7, 11) is 1.56. The summed E-state index contributed by atoms with van der Waals surface area (Å²) in [5.74, 6) is 0.510. The first-order valence-corrected chi connectivity index (χ1v) is 6.38. The minimum Gasteiger partial charge on any atom is -0.497 e. The molecule has 1 atom stereocenters. The maximum absolute atomic E-state index is 12.3.